The highest BCUT2D eigenvalue weighted by molar-refractivity contribution is 5.35. The molecule has 0 aliphatic heterocycles. The van der Waals surface area contributed by atoms with Crippen LogP contribution < -0.4 is 5.32 Å². The van der Waals surface area contributed by atoms with E-state index in [1.54, 1.807) is 0 Å². The number of rotatable bonds is 5. The van der Waals surface area contributed by atoms with Crippen molar-refractivity contribution in [2.75, 3.05) is 6.54 Å². The highest BCUT2D eigenvalue weighted by Crippen LogP contribution is 2.25. The Morgan fingerprint density at radius 3 is 2.68 bits per heavy atom. The summed E-state index contributed by atoms with van der Waals surface area (Å²) in [4.78, 5) is 0. The van der Waals surface area contributed by atoms with E-state index < -0.39 is 0 Å². The molecule has 3 nitrogen and oxygen atoms in total. The van der Waals surface area contributed by atoms with Gasteiger partial charge in [0, 0.05) is 18.3 Å². The van der Waals surface area contributed by atoms with E-state index in [1.165, 1.54) is 22.4 Å². The number of aromatic nitrogens is 2. The second kappa shape index (κ2) is 6.02. The zero-order valence-corrected chi connectivity index (χ0v) is 12.3. The van der Waals surface area contributed by atoms with Crippen LogP contribution in [0.2, 0.25) is 0 Å². The maximum Gasteiger partial charge on any atom is 0.0610 e. The van der Waals surface area contributed by atoms with Gasteiger partial charge in [0.05, 0.1) is 12.2 Å². The molecule has 0 saturated heterocycles. The first-order valence-corrected chi connectivity index (χ1v) is 6.92. The topological polar surface area (TPSA) is 29.9 Å². The summed E-state index contributed by atoms with van der Waals surface area (Å²) in [7, 11) is 1.99. The van der Waals surface area contributed by atoms with Gasteiger partial charge in [-0.05, 0) is 32.4 Å². The average molecular weight is 257 g/mol. The second-order valence-corrected chi connectivity index (χ2v) is 5.11. The molecule has 1 aromatic carbocycles. The highest BCUT2D eigenvalue weighted by atomic mass is 15.3. The molecule has 0 amide bonds. The van der Waals surface area contributed by atoms with Gasteiger partial charge < -0.3 is 5.32 Å². The Morgan fingerprint density at radius 1 is 1.32 bits per heavy atom. The first kappa shape index (κ1) is 13.8. The Hall–Kier alpha value is -1.61. The van der Waals surface area contributed by atoms with Crippen LogP contribution in [0.4, 0.5) is 0 Å². The molecule has 19 heavy (non-hydrogen) atoms. The van der Waals surface area contributed by atoms with E-state index in [2.05, 4.69) is 55.5 Å². The van der Waals surface area contributed by atoms with Gasteiger partial charge in [-0.1, -0.05) is 36.8 Å². The van der Waals surface area contributed by atoms with Crippen molar-refractivity contribution in [1.82, 2.24) is 15.1 Å². The van der Waals surface area contributed by atoms with Crippen molar-refractivity contribution >= 4 is 0 Å². The Morgan fingerprint density at radius 2 is 2.11 bits per heavy atom. The van der Waals surface area contributed by atoms with Crippen LogP contribution >= 0.6 is 0 Å². The Balaban J connectivity index is 2.38. The standard InChI is InChI=1S/C16H23N3/c1-5-9-17-16(14-8-6-7-12(2)10-14)15-11-18-19(4)13(15)3/h6-8,10-11,16-17H,5,9H2,1-4H3. The fourth-order valence-electron chi connectivity index (χ4n) is 2.34. The molecular weight excluding hydrogens is 234 g/mol. The molecule has 1 atom stereocenters. The summed E-state index contributed by atoms with van der Waals surface area (Å²) >= 11 is 0. The fourth-order valence-corrected chi connectivity index (χ4v) is 2.34. The molecule has 1 unspecified atom stereocenters. The summed E-state index contributed by atoms with van der Waals surface area (Å²) in [6.07, 6.45) is 3.10. The lowest BCUT2D eigenvalue weighted by Gasteiger charge is -2.19. The van der Waals surface area contributed by atoms with Crippen molar-refractivity contribution in [1.29, 1.82) is 0 Å². The quantitative estimate of drug-likeness (QED) is 0.892. The lowest BCUT2D eigenvalue weighted by atomic mass is 9.98. The summed E-state index contributed by atoms with van der Waals surface area (Å²) < 4.78 is 1.94. The molecule has 3 heteroatoms. The molecule has 2 rings (SSSR count). The van der Waals surface area contributed by atoms with Gasteiger partial charge in [0.25, 0.3) is 0 Å². The van der Waals surface area contributed by atoms with E-state index in [9.17, 15) is 0 Å². The number of hydrogen-bond donors (Lipinski definition) is 1. The van der Waals surface area contributed by atoms with Crippen LogP contribution in [0.5, 0.6) is 0 Å². The van der Waals surface area contributed by atoms with Crippen molar-refractivity contribution < 1.29 is 0 Å². The van der Waals surface area contributed by atoms with E-state index >= 15 is 0 Å². The van der Waals surface area contributed by atoms with Gasteiger partial charge in [-0.2, -0.15) is 5.10 Å². The molecule has 1 aromatic heterocycles. The SMILES string of the molecule is CCCNC(c1cccc(C)c1)c1cnn(C)c1C. The molecular formula is C16H23N3. The maximum absolute atomic E-state index is 4.37. The molecule has 0 radical (unpaired) electrons. The normalized spacial score (nSPS) is 12.6. The van der Waals surface area contributed by atoms with Crippen molar-refractivity contribution in [2.24, 2.45) is 7.05 Å². The predicted molar refractivity (Wildman–Crippen MR) is 79.3 cm³/mol. The van der Waals surface area contributed by atoms with Crippen LogP contribution in [0.25, 0.3) is 0 Å². The van der Waals surface area contributed by atoms with Crippen LogP contribution in [0.1, 0.15) is 41.8 Å². The van der Waals surface area contributed by atoms with Gasteiger partial charge in [0.15, 0.2) is 0 Å². The third kappa shape index (κ3) is 3.04. The smallest absolute Gasteiger partial charge is 0.0610 e. The second-order valence-electron chi connectivity index (χ2n) is 5.11. The monoisotopic (exact) mass is 257 g/mol. The van der Waals surface area contributed by atoms with Gasteiger partial charge in [-0.25, -0.2) is 0 Å². The third-order valence-electron chi connectivity index (χ3n) is 3.56. The van der Waals surface area contributed by atoms with E-state index in [0.717, 1.165) is 13.0 Å². The molecule has 1 N–H and O–H groups in total. The van der Waals surface area contributed by atoms with Crippen molar-refractivity contribution in [3.8, 4) is 0 Å². The highest BCUT2D eigenvalue weighted by Gasteiger charge is 2.18. The van der Waals surface area contributed by atoms with Crippen LogP contribution in [-0.2, 0) is 7.05 Å². The molecule has 102 valence electrons. The molecule has 0 aliphatic rings. The van der Waals surface area contributed by atoms with E-state index in [4.69, 9.17) is 0 Å². The van der Waals surface area contributed by atoms with Crippen LogP contribution in [0.15, 0.2) is 30.5 Å². The summed E-state index contributed by atoms with van der Waals surface area (Å²) in [6, 6.07) is 8.92. The summed E-state index contributed by atoms with van der Waals surface area (Å²) in [6.45, 7) is 7.46. The molecule has 1 heterocycles. The molecule has 2 aromatic rings. The Kier molecular flexibility index (Phi) is 4.38. The number of nitrogens with one attached hydrogen (secondary N) is 1. The average Bonchev–Trinajstić information content (AvgIpc) is 2.72. The first-order valence-electron chi connectivity index (χ1n) is 6.92. The van der Waals surface area contributed by atoms with Crippen LogP contribution in [0.3, 0.4) is 0 Å². The fraction of sp³-hybridized carbons (Fsp3) is 0.438. The minimum Gasteiger partial charge on any atom is -0.306 e. The van der Waals surface area contributed by atoms with E-state index in [-0.39, 0.29) is 6.04 Å². The number of benzene rings is 1. The lowest BCUT2D eigenvalue weighted by molar-refractivity contribution is 0.594. The van der Waals surface area contributed by atoms with Gasteiger partial charge in [0.2, 0.25) is 0 Å². The van der Waals surface area contributed by atoms with E-state index in [1.807, 2.05) is 17.9 Å². The van der Waals surface area contributed by atoms with Gasteiger partial charge in [0.1, 0.15) is 0 Å². The molecule has 0 spiro atoms. The van der Waals surface area contributed by atoms with Crippen LogP contribution in [0, 0.1) is 13.8 Å². The first-order chi connectivity index (χ1) is 9.13. The minimum atomic E-state index is 0.230. The molecule has 0 bridgehead atoms. The zero-order chi connectivity index (χ0) is 13.8. The molecule has 0 saturated carbocycles. The number of aryl methyl sites for hydroxylation is 2. The lowest BCUT2D eigenvalue weighted by Crippen LogP contribution is -2.23. The largest absolute Gasteiger partial charge is 0.306 e. The van der Waals surface area contributed by atoms with Crippen molar-refractivity contribution in [3.63, 3.8) is 0 Å². The van der Waals surface area contributed by atoms with Crippen LogP contribution in [-0.4, -0.2) is 16.3 Å². The predicted octanol–water partition coefficient (Wildman–Crippen LogP) is 3.13. The zero-order valence-electron chi connectivity index (χ0n) is 12.3. The van der Waals surface area contributed by atoms with Gasteiger partial charge in [-0.3, -0.25) is 4.68 Å². The summed E-state index contributed by atoms with van der Waals surface area (Å²) in [5.74, 6) is 0. The summed E-state index contributed by atoms with van der Waals surface area (Å²) in [5, 5.41) is 8.00. The Bertz CT molecular complexity index is 543. The molecule has 0 fully saturated rings. The van der Waals surface area contributed by atoms with Crippen molar-refractivity contribution in [3.05, 3.63) is 52.8 Å². The number of hydrogen-bond acceptors (Lipinski definition) is 2. The maximum atomic E-state index is 4.37. The number of nitrogens with zero attached hydrogens (tertiary/aromatic N) is 2. The van der Waals surface area contributed by atoms with Gasteiger partial charge >= 0.3 is 0 Å². The third-order valence-corrected chi connectivity index (χ3v) is 3.56. The molecule has 0 aliphatic carbocycles. The van der Waals surface area contributed by atoms with Crippen molar-refractivity contribution in [2.45, 2.75) is 33.2 Å². The Labute approximate surface area is 115 Å². The van der Waals surface area contributed by atoms with E-state index in [0.29, 0.717) is 0 Å². The summed E-state index contributed by atoms with van der Waals surface area (Å²) in [5.41, 5.74) is 5.09. The van der Waals surface area contributed by atoms with Gasteiger partial charge in [-0.15, -0.1) is 0 Å². The minimum absolute atomic E-state index is 0.230.